The summed E-state index contributed by atoms with van der Waals surface area (Å²) < 4.78 is 5.34. The maximum absolute atomic E-state index is 12.2. The Morgan fingerprint density at radius 3 is 2.57 bits per heavy atom. The monoisotopic (exact) mass is 313 g/mol. The van der Waals surface area contributed by atoms with Gasteiger partial charge in [-0.15, -0.1) is 11.8 Å². The van der Waals surface area contributed by atoms with E-state index in [0.717, 1.165) is 12.8 Å². The minimum atomic E-state index is -0.378. The third-order valence-corrected chi connectivity index (χ3v) is 5.93. The lowest BCUT2D eigenvalue weighted by Gasteiger charge is -2.34. The van der Waals surface area contributed by atoms with E-state index in [4.69, 9.17) is 4.74 Å². The number of thioether (sulfide) groups is 1. The van der Waals surface area contributed by atoms with Gasteiger partial charge in [0.1, 0.15) is 6.04 Å². The summed E-state index contributed by atoms with van der Waals surface area (Å²) >= 11 is 1.77. The summed E-state index contributed by atoms with van der Waals surface area (Å²) in [6, 6.07) is -0.378. The van der Waals surface area contributed by atoms with Gasteiger partial charge in [-0.05, 0) is 25.2 Å². The molecule has 4 nitrogen and oxygen atoms in total. The Morgan fingerprint density at radius 2 is 1.95 bits per heavy atom. The summed E-state index contributed by atoms with van der Waals surface area (Å²) in [5.74, 6) is 1.02. The van der Waals surface area contributed by atoms with Crippen molar-refractivity contribution in [3.63, 3.8) is 0 Å². The van der Waals surface area contributed by atoms with E-state index < -0.39 is 0 Å². The van der Waals surface area contributed by atoms with E-state index in [1.54, 1.807) is 23.6 Å². The molecule has 0 N–H and O–H groups in total. The van der Waals surface area contributed by atoms with Crippen LogP contribution in [-0.2, 0) is 14.3 Å². The molecular formula is C16H27NO3S. The second-order valence-electron chi connectivity index (χ2n) is 6.09. The van der Waals surface area contributed by atoms with Crippen molar-refractivity contribution < 1.29 is 14.3 Å². The van der Waals surface area contributed by atoms with Crippen LogP contribution < -0.4 is 0 Å². The Labute approximate surface area is 132 Å². The summed E-state index contributed by atoms with van der Waals surface area (Å²) in [6.45, 7) is 4.12. The number of esters is 1. The maximum Gasteiger partial charge on any atom is 0.329 e. The van der Waals surface area contributed by atoms with Crippen LogP contribution in [-0.4, -0.2) is 40.6 Å². The predicted molar refractivity (Wildman–Crippen MR) is 85.0 cm³/mol. The summed E-state index contributed by atoms with van der Waals surface area (Å²) in [6.07, 6.45) is 8.05. The van der Waals surface area contributed by atoms with Crippen LogP contribution in [0.2, 0.25) is 0 Å². The number of carbonyl (C=O) groups excluding carboxylic acids is 2. The minimum Gasteiger partial charge on any atom is -0.464 e. The third kappa shape index (κ3) is 4.15. The first-order valence-corrected chi connectivity index (χ1v) is 9.27. The van der Waals surface area contributed by atoms with Gasteiger partial charge in [-0.1, -0.05) is 32.6 Å². The fourth-order valence-electron chi connectivity index (χ4n) is 3.30. The number of ether oxygens (including phenoxy) is 1. The van der Waals surface area contributed by atoms with Gasteiger partial charge in [0, 0.05) is 12.7 Å². The molecule has 1 saturated carbocycles. The molecule has 1 aliphatic heterocycles. The molecule has 2 atom stereocenters. The van der Waals surface area contributed by atoms with Gasteiger partial charge < -0.3 is 9.64 Å². The van der Waals surface area contributed by atoms with Crippen LogP contribution in [0.4, 0.5) is 0 Å². The molecule has 2 aliphatic rings. The molecule has 0 aromatic heterocycles. The Bertz CT molecular complexity index is 369. The summed E-state index contributed by atoms with van der Waals surface area (Å²) in [4.78, 5) is 26.1. The summed E-state index contributed by atoms with van der Waals surface area (Å²) in [7, 11) is 0. The zero-order valence-electron chi connectivity index (χ0n) is 13.2. The van der Waals surface area contributed by atoms with Crippen LogP contribution in [0, 0.1) is 5.92 Å². The van der Waals surface area contributed by atoms with E-state index >= 15 is 0 Å². The second-order valence-corrected chi connectivity index (χ2v) is 7.23. The Morgan fingerprint density at radius 1 is 1.24 bits per heavy atom. The SMILES string of the molecule is CCCCOC(=O)C1CSC(C2CCCCC2)N1C(C)=O. The van der Waals surface area contributed by atoms with Crippen LogP contribution in [0.15, 0.2) is 0 Å². The molecule has 2 rings (SSSR count). The molecule has 1 saturated heterocycles. The van der Waals surface area contributed by atoms with Crippen LogP contribution in [0.1, 0.15) is 58.8 Å². The zero-order chi connectivity index (χ0) is 15.2. The number of carbonyl (C=O) groups is 2. The van der Waals surface area contributed by atoms with Crippen molar-refractivity contribution in [3.8, 4) is 0 Å². The van der Waals surface area contributed by atoms with Gasteiger partial charge in [-0.2, -0.15) is 0 Å². The predicted octanol–water partition coefficient (Wildman–Crippen LogP) is 3.20. The number of hydrogen-bond acceptors (Lipinski definition) is 4. The molecule has 0 aromatic rings. The lowest BCUT2D eigenvalue weighted by atomic mass is 9.88. The van der Waals surface area contributed by atoms with Crippen molar-refractivity contribution in [2.75, 3.05) is 12.4 Å². The highest BCUT2D eigenvalue weighted by atomic mass is 32.2. The molecule has 0 spiro atoms. The third-order valence-electron chi connectivity index (χ3n) is 4.47. The minimum absolute atomic E-state index is 0.00742. The number of rotatable bonds is 5. The number of hydrogen-bond donors (Lipinski definition) is 0. The van der Waals surface area contributed by atoms with Gasteiger partial charge >= 0.3 is 5.97 Å². The molecule has 5 heteroatoms. The lowest BCUT2D eigenvalue weighted by Crippen LogP contribution is -2.47. The molecule has 0 aromatic carbocycles. The average Bonchev–Trinajstić information content (AvgIpc) is 2.93. The zero-order valence-corrected chi connectivity index (χ0v) is 14.0. The van der Waals surface area contributed by atoms with Gasteiger partial charge in [0.15, 0.2) is 0 Å². The van der Waals surface area contributed by atoms with Crippen LogP contribution >= 0.6 is 11.8 Å². The lowest BCUT2D eigenvalue weighted by molar-refractivity contribution is -0.154. The summed E-state index contributed by atoms with van der Waals surface area (Å²) in [5, 5.41) is 0.173. The molecule has 0 radical (unpaired) electrons. The maximum atomic E-state index is 12.2. The molecule has 21 heavy (non-hydrogen) atoms. The van der Waals surface area contributed by atoms with Gasteiger partial charge in [-0.25, -0.2) is 4.79 Å². The first-order valence-electron chi connectivity index (χ1n) is 8.22. The quantitative estimate of drug-likeness (QED) is 0.577. The Balaban J connectivity index is 1.98. The van der Waals surface area contributed by atoms with Crippen molar-refractivity contribution in [1.82, 2.24) is 4.90 Å². The largest absolute Gasteiger partial charge is 0.464 e. The molecule has 2 unspecified atom stereocenters. The van der Waals surface area contributed by atoms with Gasteiger partial charge in [-0.3, -0.25) is 4.79 Å². The molecule has 1 aliphatic carbocycles. The van der Waals surface area contributed by atoms with Crippen molar-refractivity contribution in [2.24, 2.45) is 5.92 Å². The van der Waals surface area contributed by atoms with Gasteiger partial charge in [0.05, 0.1) is 12.0 Å². The van der Waals surface area contributed by atoms with E-state index in [1.165, 1.54) is 32.1 Å². The Hall–Kier alpha value is -0.710. The molecule has 120 valence electrons. The van der Waals surface area contributed by atoms with E-state index in [-0.39, 0.29) is 23.3 Å². The fourth-order valence-corrected chi connectivity index (χ4v) is 4.98. The first kappa shape index (κ1) is 16.7. The molecular weight excluding hydrogens is 286 g/mol. The smallest absolute Gasteiger partial charge is 0.329 e. The van der Waals surface area contributed by atoms with E-state index in [1.807, 2.05) is 0 Å². The second kappa shape index (κ2) is 8.06. The normalized spacial score (nSPS) is 26.9. The first-order chi connectivity index (χ1) is 10.1. The molecule has 1 heterocycles. The van der Waals surface area contributed by atoms with Gasteiger partial charge in [0.25, 0.3) is 0 Å². The average molecular weight is 313 g/mol. The Kier molecular flexibility index (Phi) is 6.40. The number of amides is 1. The van der Waals surface area contributed by atoms with Crippen molar-refractivity contribution in [2.45, 2.75) is 70.2 Å². The molecule has 2 fully saturated rings. The highest BCUT2D eigenvalue weighted by Crippen LogP contribution is 2.40. The topological polar surface area (TPSA) is 46.6 Å². The van der Waals surface area contributed by atoms with Crippen LogP contribution in [0.25, 0.3) is 0 Å². The number of nitrogens with zero attached hydrogens (tertiary/aromatic N) is 1. The van der Waals surface area contributed by atoms with E-state index in [0.29, 0.717) is 18.3 Å². The van der Waals surface area contributed by atoms with Crippen molar-refractivity contribution in [1.29, 1.82) is 0 Å². The van der Waals surface area contributed by atoms with Gasteiger partial charge in [0.2, 0.25) is 5.91 Å². The molecule has 0 bridgehead atoms. The van der Waals surface area contributed by atoms with Crippen LogP contribution in [0.3, 0.4) is 0 Å². The van der Waals surface area contributed by atoms with Crippen LogP contribution in [0.5, 0.6) is 0 Å². The van der Waals surface area contributed by atoms with Crippen molar-refractivity contribution in [3.05, 3.63) is 0 Å². The van der Waals surface area contributed by atoms with Crippen molar-refractivity contribution >= 4 is 23.6 Å². The summed E-state index contributed by atoms with van der Waals surface area (Å²) in [5.41, 5.74) is 0. The standard InChI is InChI=1S/C16H27NO3S/c1-3-4-10-20-16(19)14-11-21-15(17(14)12(2)18)13-8-6-5-7-9-13/h13-15H,3-11H2,1-2H3. The fraction of sp³-hybridized carbons (Fsp3) is 0.875. The highest BCUT2D eigenvalue weighted by molar-refractivity contribution is 8.00. The van der Waals surface area contributed by atoms with E-state index in [9.17, 15) is 9.59 Å². The highest BCUT2D eigenvalue weighted by Gasteiger charge is 2.44. The molecule has 1 amide bonds. The van der Waals surface area contributed by atoms with E-state index in [2.05, 4.69) is 6.92 Å². The number of unbranched alkanes of at least 4 members (excludes halogenated alkanes) is 1.